The molecule has 2 aromatic heterocycles. The van der Waals surface area contributed by atoms with Crippen LogP contribution in [0.4, 0.5) is 22.7 Å². The molecule has 11 rings (SSSR count). The van der Waals surface area contributed by atoms with Crippen molar-refractivity contribution in [3.05, 3.63) is 239 Å². The lowest BCUT2D eigenvalue weighted by Gasteiger charge is -2.32. The van der Waals surface area contributed by atoms with E-state index in [-0.39, 0.29) is 27.1 Å². The number of hydrogen-bond acceptors (Lipinski definition) is 4. The average Bonchev–Trinajstić information content (AvgIpc) is 4.04. The lowest BCUT2D eigenvalue weighted by molar-refractivity contribution is 0.480. The van der Waals surface area contributed by atoms with Gasteiger partial charge in [0, 0.05) is 51.3 Å². The van der Waals surface area contributed by atoms with Gasteiger partial charge in [0.25, 0.3) is 0 Å². The summed E-state index contributed by atoms with van der Waals surface area (Å²) in [6, 6.07) is 71.3. The van der Waals surface area contributed by atoms with E-state index in [9.17, 15) is 0 Å². The largest absolute Gasteiger partial charge is 0.457 e. The fourth-order valence-corrected chi connectivity index (χ4v) is 11.5. The molecular weight excluding hydrogens is 937 g/mol. The second-order valence-electron chi connectivity index (χ2n) is 25.5. The predicted molar refractivity (Wildman–Crippen MR) is 326 cm³/mol. The highest BCUT2D eigenvalue weighted by atomic mass is 16.5. The van der Waals surface area contributed by atoms with Gasteiger partial charge in [-0.25, -0.2) is 4.98 Å². The highest BCUT2D eigenvalue weighted by molar-refractivity contribution is 6.09. The summed E-state index contributed by atoms with van der Waals surface area (Å²) >= 11 is 0. The van der Waals surface area contributed by atoms with Crippen LogP contribution in [0.15, 0.2) is 200 Å². The molecule has 1 aliphatic rings. The zero-order valence-corrected chi connectivity index (χ0v) is 47.5. The Balaban J connectivity index is 1.11. The molecule has 0 saturated carbocycles. The monoisotopic (exact) mass is 1010 g/mol. The first-order valence-electron chi connectivity index (χ1n) is 27.5. The minimum atomic E-state index is -0.369. The summed E-state index contributed by atoms with van der Waals surface area (Å²) in [4.78, 5) is 10.1. The Morgan fingerprint density at radius 1 is 0.377 bits per heavy atom. The van der Waals surface area contributed by atoms with E-state index in [1.165, 1.54) is 61.3 Å². The molecule has 0 radical (unpaired) electrons. The van der Waals surface area contributed by atoms with Gasteiger partial charge in [-0.3, -0.25) is 4.57 Å². The molecule has 0 unspecified atom stereocenters. The molecule has 77 heavy (non-hydrogen) atoms. The smallest absolute Gasteiger partial charge is 0.137 e. The highest BCUT2D eigenvalue weighted by Crippen LogP contribution is 2.52. The SMILES string of the molecule is CC(C)(C)c1ccnc(-n2c3ccccc3c3ccc(Oc4cc(N5CN(c6cc(-c7ccccc7)cc(C(C)(C)c7ccccc7)c6)c6cc(C(C)(C)C)c(C(C)(C)C)cc65)cc(C(C)(C)c5ccccc5)c4)cc32)c1. The lowest BCUT2D eigenvalue weighted by atomic mass is 9.74. The Morgan fingerprint density at radius 2 is 0.896 bits per heavy atom. The van der Waals surface area contributed by atoms with E-state index < -0.39 is 0 Å². The molecule has 3 heterocycles. The molecule has 5 nitrogen and oxygen atoms in total. The van der Waals surface area contributed by atoms with Crippen molar-refractivity contribution in [1.82, 2.24) is 9.55 Å². The molecule has 1 aliphatic heterocycles. The van der Waals surface area contributed by atoms with Crippen LogP contribution in [0.2, 0.25) is 0 Å². The Labute approximate surface area is 457 Å². The standard InChI is InChI=1S/C72H74N4O/c1-68(2,3)52-35-36-73-67(42-52)76-63-32-24-23-31-59(63)60-34-33-57(44-64(60)76)77-58-41-54(72(12,13)51-29-21-16-22-30-51)40-56(43-58)75-47-74(65-45-61(69(4,5)6)62(46-66(65)75)70(7,8)9)55-38-49(48-25-17-14-18-26-48)37-53(39-55)71(10,11)50-27-19-15-20-28-50/h14-46H,47H2,1-13H3. The van der Waals surface area contributed by atoms with E-state index in [0.717, 1.165) is 50.7 Å². The summed E-state index contributed by atoms with van der Waals surface area (Å²) < 4.78 is 9.54. The third-order valence-corrected chi connectivity index (χ3v) is 16.3. The van der Waals surface area contributed by atoms with Crippen LogP contribution in [0.3, 0.4) is 0 Å². The number of hydrogen-bond donors (Lipinski definition) is 0. The van der Waals surface area contributed by atoms with Crippen molar-refractivity contribution in [1.29, 1.82) is 0 Å². The minimum Gasteiger partial charge on any atom is -0.457 e. The third kappa shape index (κ3) is 9.60. The minimum absolute atomic E-state index is 0.0362. The maximum absolute atomic E-state index is 7.25. The van der Waals surface area contributed by atoms with Crippen LogP contribution in [0, 0.1) is 0 Å². The zero-order chi connectivity index (χ0) is 54.2. The van der Waals surface area contributed by atoms with Crippen LogP contribution in [0.5, 0.6) is 11.5 Å². The van der Waals surface area contributed by atoms with Crippen molar-refractivity contribution in [3.63, 3.8) is 0 Å². The first kappa shape index (κ1) is 51.2. The van der Waals surface area contributed by atoms with Crippen LogP contribution < -0.4 is 14.5 Å². The van der Waals surface area contributed by atoms with E-state index >= 15 is 0 Å². The number of benzene rings is 8. The van der Waals surface area contributed by atoms with E-state index in [1.54, 1.807) is 0 Å². The molecule has 388 valence electrons. The van der Waals surface area contributed by atoms with Crippen molar-refractivity contribution >= 4 is 44.6 Å². The zero-order valence-electron chi connectivity index (χ0n) is 47.5. The number of rotatable bonds is 10. The van der Waals surface area contributed by atoms with Gasteiger partial charge in [0.05, 0.1) is 22.4 Å². The summed E-state index contributed by atoms with van der Waals surface area (Å²) in [6.07, 6.45) is 1.94. The summed E-state index contributed by atoms with van der Waals surface area (Å²) in [7, 11) is 0. The Kier molecular flexibility index (Phi) is 12.6. The summed E-state index contributed by atoms with van der Waals surface area (Å²) in [6.45, 7) is 30.8. The summed E-state index contributed by atoms with van der Waals surface area (Å²) in [5.41, 5.74) is 17.1. The molecule has 8 aromatic carbocycles. The van der Waals surface area contributed by atoms with Crippen LogP contribution in [-0.2, 0) is 27.1 Å². The van der Waals surface area contributed by atoms with E-state index in [0.29, 0.717) is 6.67 Å². The maximum Gasteiger partial charge on any atom is 0.137 e. The number of nitrogens with zero attached hydrogens (tertiary/aromatic N) is 4. The molecule has 0 amide bonds. The molecule has 0 spiro atoms. The van der Waals surface area contributed by atoms with Crippen molar-refractivity contribution < 1.29 is 4.74 Å². The van der Waals surface area contributed by atoms with Gasteiger partial charge < -0.3 is 14.5 Å². The average molecular weight is 1010 g/mol. The van der Waals surface area contributed by atoms with Crippen LogP contribution in [0.25, 0.3) is 38.8 Å². The Bertz CT molecular complexity index is 3810. The molecule has 10 aromatic rings. The normalized spacial score (nSPS) is 13.4. The van der Waals surface area contributed by atoms with Crippen molar-refractivity contribution in [2.45, 2.75) is 117 Å². The second-order valence-corrected chi connectivity index (χ2v) is 25.5. The first-order chi connectivity index (χ1) is 36.6. The van der Waals surface area contributed by atoms with Gasteiger partial charge >= 0.3 is 0 Å². The van der Waals surface area contributed by atoms with Gasteiger partial charge in [-0.05, 0) is 133 Å². The summed E-state index contributed by atoms with van der Waals surface area (Å²) in [5.74, 6) is 2.42. The maximum atomic E-state index is 7.25. The lowest BCUT2D eigenvalue weighted by Crippen LogP contribution is -2.26. The van der Waals surface area contributed by atoms with Crippen LogP contribution in [0.1, 0.15) is 129 Å². The number of pyridine rings is 1. The van der Waals surface area contributed by atoms with E-state index in [2.05, 4.69) is 298 Å². The Hall–Kier alpha value is -7.89. The van der Waals surface area contributed by atoms with Gasteiger partial charge in [-0.15, -0.1) is 0 Å². The van der Waals surface area contributed by atoms with Gasteiger partial charge in [0.1, 0.15) is 24.0 Å². The predicted octanol–water partition coefficient (Wildman–Crippen LogP) is 19.4. The highest BCUT2D eigenvalue weighted by Gasteiger charge is 2.37. The fourth-order valence-electron chi connectivity index (χ4n) is 11.5. The van der Waals surface area contributed by atoms with Crippen molar-refractivity contribution in [2.75, 3.05) is 16.5 Å². The fraction of sp³-hybridized carbons (Fsp3) is 0.264. The van der Waals surface area contributed by atoms with Crippen molar-refractivity contribution in [3.8, 4) is 28.4 Å². The molecule has 0 fully saturated rings. The number of aromatic nitrogens is 2. The number of fused-ring (bicyclic) bond motifs is 4. The molecule has 5 heteroatoms. The van der Waals surface area contributed by atoms with Gasteiger partial charge in [-0.1, -0.05) is 205 Å². The molecule has 0 saturated heterocycles. The number of para-hydroxylation sites is 1. The van der Waals surface area contributed by atoms with Crippen molar-refractivity contribution in [2.24, 2.45) is 0 Å². The summed E-state index contributed by atoms with van der Waals surface area (Å²) in [5, 5.41) is 2.33. The van der Waals surface area contributed by atoms with Crippen LogP contribution >= 0.6 is 0 Å². The molecule has 0 N–H and O–H groups in total. The number of anilines is 4. The van der Waals surface area contributed by atoms with Gasteiger partial charge in [0.15, 0.2) is 0 Å². The number of ether oxygens (including phenoxy) is 1. The van der Waals surface area contributed by atoms with Gasteiger partial charge in [0.2, 0.25) is 0 Å². The molecular formula is C72H74N4O. The molecule has 0 bridgehead atoms. The van der Waals surface area contributed by atoms with E-state index in [4.69, 9.17) is 9.72 Å². The van der Waals surface area contributed by atoms with E-state index in [1.807, 2.05) is 6.20 Å². The topological polar surface area (TPSA) is 33.5 Å². The van der Waals surface area contributed by atoms with Gasteiger partial charge in [-0.2, -0.15) is 0 Å². The third-order valence-electron chi connectivity index (χ3n) is 16.3. The van der Waals surface area contributed by atoms with Crippen LogP contribution in [-0.4, -0.2) is 16.2 Å². The Morgan fingerprint density at radius 3 is 1.47 bits per heavy atom. The first-order valence-corrected chi connectivity index (χ1v) is 27.5. The molecule has 0 aliphatic carbocycles. The second kappa shape index (κ2) is 19.0. The quantitative estimate of drug-likeness (QED) is 0.137. The molecule has 0 atom stereocenters.